The van der Waals surface area contributed by atoms with Crippen molar-refractivity contribution in [3.63, 3.8) is 0 Å². The molecule has 0 saturated heterocycles. The largest absolute Gasteiger partial charge is 0.296 e. The summed E-state index contributed by atoms with van der Waals surface area (Å²) in [5, 5.41) is 4.50. The minimum atomic E-state index is -4.21. The summed E-state index contributed by atoms with van der Waals surface area (Å²) in [6, 6.07) is 0.567. The fourth-order valence-corrected chi connectivity index (χ4v) is 1.22. The summed E-state index contributed by atoms with van der Waals surface area (Å²) >= 11 is 0. The van der Waals surface area contributed by atoms with Crippen LogP contribution in [-0.4, -0.2) is 8.42 Å². The molecule has 0 spiro atoms. The van der Waals surface area contributed by atoms with Gasteiger partial charge in [-0.15, -0.1) is 0 Å². The van der Waals surface area contributed by atoms with Crippen LogP contribution in [0.3, 0.4) is 0 Å². The summed E-state index contributed by atoms with van der Waals surface area (Å²) in [6.07, 6.45) is 0. The predicted octanol–water partition coefficient (Wildman–Crippen LogP) is 0.719. The molecule has 0 aromatic heterocycles. The zero-order chi connectivity index (χ0) is 10.9. The molecule has 0 radical (unpaired) electrons. The van der Waals surface area contributed by atoms with Crippen molar-refractivity contribution in [1.29, 1.82) is 0 Å². The first kappa shape index (κ1) is 10.8. The summed E-state index contributed by atoms with van der Waals surface area (Å²) in [7, 11) is -4.21. The van der Waals surface area contributed by atoms with Crippen LogP contribution in [0.5, 0.6) is 0 Å². The Labute approximate surface area is 77.7 Å². The maximum atomic E-state index is 12.8. The number of halogens is 3. The summed E-state index contributed by atoms with van der Waals surface area (Å²) < 4.78 is 60.0. The van der Waals surface area contributed by atoms with Crippen LogP contribution in [-0.2, 0) is 10.2 Å². The summed E-state index contributed by atoms with van der Waals surface area (Å²) in [5.41, 5.74) is -0.744. The van der Waals surface area contributed by atoms with Crippen LogP contribution in [0.25, 0.3) is 0 Å². The maximum Gasteiger partial charge on any atom is 0.296 e. The van der Waals surface area contributed by atoms with Crippen LogP contribution in [0, 0.1) is 17.5 Å². The quantitative estimate of drug-likeness (QED) is 0.729. The Bertz CT molecular complexity index is 460. The molecule has 3 N–H and O–H groups in total. The molecule has 0 aliphatic carbocycles. The molecule has 0 aliphatic rings. The molecule has 1 aromatic rings. The second-order valence-electron chi connectivity index (χ2n) is 2.39. The van der Waals surface area contributed by atoms with E-state index >= 15 is 0 Å². The first-order valence-electron chi connectivity index (χ1n) is 3.24. The Kier molecular flexibility index (Phi) is 2.67. The normalized spacial score (nSPS) is 11.4. The lowest BCUT2D eigenvalue weighted by molar-refractivity contribution is 0.496. The van der Waals surface area contributed by atoms with E-state index < -0.39 is 33.3 Å². The second-order valence-corrected chi connectivity index (χ2v) is 3.69. The van der Waals surface area contributed by atoms with E-state index in [4.69, 9.17) is 0 Å². The van der Waals surface area contributed by atoms with Gasteiger partial charge in [0, 0.05) is 12.1 Å². The van der Waals surface area contributed by atoms with Gasteiger partial charge in [0.2, 0.25) is 0 Å². The number of benzene rings is 1. The fraction of sp³-hybridized carbons (Fsp3) is 0. The molecule has 1 rings (SSSR count). The monoisotopic (exact) mass is 226 g/mol. The molecule has 0 aliphatic heterocycles. The van der Waals surface area contributed by atoms with Gasteiger partial charge in [0.1, 0.15) is 5.82 Å². The highest BCUT2D eigenvalue weighted by molar-refractivity contribution is 7.90. The van der Waals surface area contributed by atoms with E-state index in [1.807, 2.05) is 0 Å². The number of hydrogen-bond acceptors (Lipinski definition) is 2. The number of hydrogen-bond donors (Lipinski definition) is 2. The van der Waals surface area contributed by atoms with Crippen molar-refractivity contribution in [2.75, 3.05) is 4.72 Å². The van der Waals surface area contributed by atoms with Crippen LogP contribution in [0.2, 0.25) is 0 Å². The van der Waals surface area contributed by atoms with Crippen molar-refractivity contribution in [2.45, 2.75) is 0 Å². The molecular formula is C6H5F3N2O2S. The average molecular weight is 226 g/mol. The number of nitrogens with two attached hydrogens (primary N) is 1. The van der Waals surface area contributed by atoms with Crippen LogP contribution in [0.15, 0.2) is 12.1 Å². The molecule has 0 atom stereocenters. The molecule has 4 nitrogen and oxygen atoms in total. The number of nitrogens with one attached hydrogen (secondary N) is 1. The fourth-order valence-electron chi connectivity index (χ4n) is 0.754. The average Bonchev–Trinajstić information content (AvgIpc) is 1.97. The van der Waals surface area contributed by atoms with Gasteiger partial charge in [-0.2, -0.15) is 8.42 Å². The Morgan fingerprint density at radius 2 is 1.57 bits per heavy atom. The van der Waals surface area contributed by atoms with Crippen molar-refractivity contribution in [3.05, 3.63) is 29.6 Å². The summed E-state index contributed by atoms with van der Waals surface area (Å²) in [6.45, 7) is 0. The van der Waals surface area contributed by atoms with Gasteiger partial charge in [0.25, 0.3) is 10.2 Å². The van der Waals surface area contributed by atoms with Gasteiger partial charge < -0.3 is 0 Å². The van der Waals surface area contributed by atoms with Crippen molar-refractivity contribution < 1.29 is 21.6 Å². The van der Waals surface area contributed by atoms with E-state index in [0.29, 0.717) is 6.07 Å². The molecule has 0 bridgehead atoms. The molecule has 0 amide bonds. The molecule has 0 heterocycles. The highest BCUT2D eigenvalue weighted by Crippen LogP contribution is 2.18. The Morgan fingerprint density at radius 3 is 2.07 bits per heavy atom. The van der Waals surface area contributed by atoms with Crippen LogP contribution in [0.4, 0.5) is 18.9 Å². The van der Waals surface area contributed by atoms with E-state index in [1.54, 1.807) is 0 Å². The van der Waals surface area contributed by atoms with Gasteiger partial charge in [-0.3, -0.25) is 4.72 Å². The van der Waals surface area contributed by atoms with E-state index in [-0.39, 0.29) is 6.07 Å². The summed E-state index contributed by atoms with van der Waals surface area (Å²) in [4.78, 5) is 0. The lowest BCUT2D eigenvalue weighted by Gasteiger charge is -2.04. The molecule has 0 saturated carbocycles. The lowest BCUT2D eigenvalue weighted by atomic mass is 10.3. The Morgan fingerprint density at radius 1 is 1.07 bits per heavy atom. The molecule has 0 fully saturated rings. The van der Waals surface area contributed by atoms with Gasteiger partial charge in [-0.25, -0.2) is 18.3 Å². The van der Waals surface area contributed by atoms with Crippen LogP contribution < -0.4 is 9.86 Å². The Hall–Kier alpha value is -1.28. The maximum absolute atomic E-state index is 12.8. The van der Waals surface area contributed by atoms with Gasteiger partial charge >= 0.3 is 0 Å². The van der Waals surface area contributed by atoms with Crippen molar-refractivity contribution >= 4 is 15.9 Å². The van der Waals surface area contributed by atoms with Gasteiger partial charge in [-0.1, -0.05) is 0 Å². The zero-order valence-electron chi connectivity index (χ0n) is 6.59. The SMILES string of the molecule is NS(=O)(=O)Nc1cc(F)c(F)cc1F. The number of anilines is 1. The lowest BCUT2D eigenvalue weighted by Crippen LogP contribution is -2.22. The molecule has 14 heavy (non-hydrogen) atoms. The summed E-state index contributed by atoms with van der Waals surface area (Å²) in [5.74, 6) is -4.04. The van der Waals surface area contributed by atoms with Crippen molar-refractivity contribution in [3.8, 4) is 0 Å². The third kappa shape index (κ3) is 2.60. The third-order valence-electron chi connectivity index (χ3n) is 1.26. The first-order chi connectivity index (χ1) is 6.29. The highest BCUT2D eigenvalue weighted by Gasteiger charge is 2.12. The van der Waals surface area contributed by atoms with E-state index in [0.717, 1.165) is 0 Å². The standard InChI is InChI=1S/C6H5F3N2O2S/c7-3-1-5(9)6(2-4(3)8)11-14(10,12)13/h1-2,11H,(H2,10,12,13). The highest BCUT2D eigenvalue weighted by atomic mass is 32.2. The first-order valence-corrected chi connectivity index (χ1v) is 4.79. The van der Waals surface area contributed by atoms with Crippen LogP contribution >= 0.6 is 0 Å². The van der Waals surface area contributed by atoms with Crippen molar-refractivity contribution in [2.24, 2.45) is 5.14 Å². The van der Waals surface area contributed by atoms with E-state index in [2.05, 4.69) is 5.14 Å². The van der Waals surface area contributed by atoms with Gasteiger partial charge in [-0.05, 0) is 0 Å². The van der Waals surface area contributed by atoms with Gasteiger partial charge in [0.05, 0.1) is 5.69 Å². The zero-order valence-corrected chi connectivity index (χ0v) is 7.41. The molecule has 0 unspecified atom stereocenters. The molecular weight excluding hydrogens is 221 g/mol. The van der Waals surface area contributed by atoms with Crippen molar-refractivity contribution in [1.82, 2.24) is 0 Å². The molecule has 1 aromatic carbocycles. The molecule has 78 valence electrons. The van der Waals surface area contributed by atoms with E-state index in [1.165, 1.54) is 4.72 Å². The topological polar surface area (TPSA) is 72.2 Å². The molecule has 8 heteroatoms. The minimum absolute atomic E-state index is 0.211. The second kappa shape index (κ2) is 3.46. The number of rotatable bonds is 2. The minimum Gasteiger partial charge on any atom is -0.268 e. The smallest absolute Gasteiger partial charge is 0.268 e. The van der Waals surface area contributed by atoms with Crippen LogP contribution in [0.1, 0.15) is 0 Å². The van der Waals surface area contributed by atoms with E-state index in [9.17, 15) is 21.6 Å². The third-order valence-corrected chi connectivity index (χ3v) is 1.77. The predicted molar refractivity (Wildman–Crippen MR) is 43.0 cm³/mol. The van der Waals surface area contributed by atoms with Gasteiger partial charge in [0.15, 0.2) is 11.6 Å². The Balaban J connectivity index is 3.17.